The van der Waals surface area contributed by atoms with Crippen LogP contribution < -0.4 is 5.56 Å². The fraction of sp³-hybridized carbons (Fsp3) is 0.583. The van der Waals surface area contributed by atoms with Crippen LogP contribution in [0.3, 0.4) is 0 Å². The van der Waals surface area contributed by atoms with E-state index in [1.807, 2.05) is 10.6 Å². The van der Waals surface area contributed by atoms with Crippen LogP contribution in [0.25, 0.3) is 0 Å². The van der Waals surface area contributed by atoms with Crippen LogP contribution in [0.1, 0.15) is 17.7 Å². The Labute approximate surface area is 100.0 Å². The normalized spacial score (nSPS) is 14.1. The highest BCUT2D eigenvalue weighted by Gasteiger charge is 2.15. The van der Waals surface area contributed by atoms with Gasteiger partial charge in [-0.2, -0.15) is 0 Å². The third-order valence-electron chi connectivity index (χ3n) is 2.93. The molecular formula is C12H16ClNO2. The van der Waals surface area contributed by atoms with Crippen molar-refractivity contribution < 1.29 is 4.74 Å². The van der Waals surface area contributed by atoms with E-state index in [9.17, 15) is 4.79 Å². The molecule has 1 heterocycles. The maximum atomic E-state index is 11.7. The average Bonchev–Trinajstić information content (AvgIpc) is 2.75. The van der Waals surface area contributed by atoms with Crippen LogP contribution in [0, 0.1) is 0 Å². The summed E-state index contributed by atoms with van der Waals surface area (Å²) in [7, 11) is 0. The second-order valence-corrected chi connectivity index (χ2v) is 4.33. The molecule has 0 unspecified atom stereocenters. The first kappa shape index (κ1) is 11.7. The van der Waals surface area contributed by atoms with E-state index in [4.69, 9.17) is 16.3 Å². The van der Waals surface area contributed by atoms with E-state index in [1.54, 1.807) is 6.07 Å². The van der Waals surface area contributed by atoms with Gasteiger partial charge in [0.05, 0.1) is 13.2 Å². The Morgan fingerprint density at radius 3 is 3.00 bits per heavy atom. The summed E-state index contributed by atoms with van der Waals surface area (Å²) < 4.78 is 7.15. The summed E-state index contributed by atoms with van der Waals surface area (Å²) in [5, 5.41) is 0. The first-order valence-electron chi connectivity index (χ1n) is 5.68. The molecule has 0 amide bonds. The van der Waals surface area contributed by atoms with Crippen LogP contribution in [0.4, 0.5) is 0 Å². The molecule has 0 bridgehead atoms. The lowest BCUT2D eigenvalue weighted by Gasteiger charge is -2.11. The number of fused-ring (bicyclic) bond motifs is 1. The van der Waals surface area contributed by atoms with Crippen LogP contribution >= 0.6 is 11.6 Å². The molecule has 1 aliphatic rings. The van der Waals surface area contributed by atoms with Crippen molar-refractivity contribution in [3.8, 4) is 0 Å². The molecule has 0 radical (unpaired) electrons. The number of alkyl halides is 1. The third kappa shape index (κ3) is 2.47. The Bertz CT molecular complexity index is 414. The zero-order chi connectivity index (χ0) is 11.4. The molecule has 3 nitrogen and oxygen atoms in total. The summed E-state index contributed by atoms with van der Waals surface area (Å²) in [4.78, 5) is 11.7. The van der Waals surface area contributed by atoms with Gasteiger partial charge in [0.25, 0.3) is 5.56 Å². The molecule has 0 aliphatic heterocycles. The van der Waals surface area contributed by atoms with Crippen molar-refractivity contribution in [1.82, 2.24) is 4.57 Å². The molecule has 1 aliphatic carbocycles. The largest absolute Gasteiger partial charge is 0.378 e. The number of rotatable bonds is 5. The van der Waals surface area contributed by atoms with Gasteiger partial charge in [0.2, 0.25) is 0 Å². The van der Waals surface area contributed by atoms with Crippen molar-refractivity contribution in [3.63, 3.8) is 0 Å². The highest BCUT2D eigenvalue weighted by molar-refractivity contribution is 6.17. The SMILES string of the molecule is O=c1ccc2c(n1CCOCCCl)CCC2. The van der Waals surface area contributed by atoms with Crippen LogP contribution in [0.5, 0.6) is 0 Å². The van der Waals surface area contributed by atoms with Gasteiger partial charge in [-0.3, -0.25) is 4.79 Å². The highest BCUT2D eigenvalue weighted by atomic mass is 35.5. The number of nitrogens with zero attached hydrogens (tertiary/aromatic N) is 1. The molecule has 1 aromatic rings. The van der Waals surface area contributed by atoms with Crippen molar-refractivity contribution in [2.75, 3.05) is 19.1 Å². The zero-order valence-electron chi connectivity index (χ0n) is 9.25. The number of hydrogen-bond acceptors (Lipinski definition) is 2. The minimum absolute atomic E-state index is 0.0788. The molecule has 2 rings (SSSR count). The number of hydrogen-bond donors (Lipinski definition) is 0. The van der Waals surface area contributed by atoms with Gasteiger partial charge < -0.3 is 9.30 Å². The maximum absolute atomic E-state index is 11.7. The molecule has 0 aromatic carbocycles. The van der Waals surface area contributed by atoms with E-state index in [0.29, 0.717) is 25.6 Å². The minimum atomic E-state index is 0.0788. The predicted molar refractivity (Wildman–Crippen MR) is 64.3 cm³/mol. The van der Waals surface area contributed by atoms with Gasteiger partial charge in [-0.25, -0.2) is 0 Å². The molecule has 0 saturated carbocycles. The molecule has 0 atom stereocenters. The van der Waals surface area contributed by atoms with Gasteiger partial charge in [-0.15, -0.1) is 11.6 Å². The molecule has 0 saturated heterocycles. The highest BCUT2D eigenvalue weighted by Crippen LogP contribution is 2.19. The number of aryl methyl sites for hydroxylation is 1. The Kier molecular flexibility index (Phi) is 4.02. The number of pyridine rings is 1. The van der Waals surface area contributed by atoms with Gasteiger partial charge in [-0.1, -0.05) is 6.07 Å². The molecule has 0 N–H and O–H groups in total. The summed E-state index contributed by atoms with van der Waals surface area (Å²) in [6, 6.07) is 3.62. The summed E-state index contributed by atoms with van der Waals surface area (Å²) in [6.45, 7) is 1.74. The van der Waals surface area contributed by atoms with Crippen LogP contribution in [0.2, 0.25) is 0 Å². The van der Waals surface area contributed by atoms with Gasteiger partial charge in [0.1, 0.15) is 0 Å². The molecule has 0 fully saturated rings. The van der Waals surface area contributed by atoms with E-state index < -0.39 is 0 Å². The Morgan fingerprint density at radius 1 is 1.31 bits per heavy atom. The quantitative estimate of drug-likeness (QED) is 0.579. The molecule has 0 spiro atoms. The van der Waals surface area contributed by atoms with Gasteiger partial charge in [0, 0.05) is 24.2 Å². The Hall–Kier alpha value is -0.800. The Balaban J connectivity index is 2.08. The van der Waals surface area contributed by atoms with Crippen molar-refractivity contribution in [3.05, 3.63) is 33.7 Å². The van der Waals surface area contributed by atoms with E-state index in [1.165, 1.54) is 11.3 Å². The van der Waals surface area contributed by atoms with Crippen LogP contribution in [0.15, 0.2) is 16.9 Å². The van der Waals surface area contributed by atoms with Crippen LogP contribution in [-0.2, 0) is 24.1 Å². The van der Waals surface area contributed by atoms with Crippen molar-refractivity contribution in [2.24, 2.45) is 0 Å². The zero-order valence-corrected chi connectivity index (χ0v) is 10.0. The van der Waals surface area contributed by atoms with Crippen LogP contribution in [-0.4, -0.2) is 23.7 Å². The number of aromatic nitrogens is 1. The second kappa shape index (κ2) is 5.51. The number of ether oxygens (including phenoxy) is 1. The monoisotopic (exact) mass is 241 g/mol. The van der Waals surface area contributed by atoms with E-state index in [2.05, 4.69) is 0 Å². The summed E-state index contributed by atoms with van der Waals surface area (Å²) in [5.74, 6) is 0.502. The third-order valence-corrected chi connectivity index (χ3v) is 3.08. The molecule has 1 aromatic heterocycles. The van der Waals surface area contributed by atoms with E-state index >= 15 is 0 Å². The average molecular weight is 242 g/mol. The lowest BCUT2D eigenvalue weighted by atomic mass is 10.2. The first-order valence-corrected chi connectivity index (χ1v) is 6.21. The van der Waals surface area contributed by atoms with Crippen molar-refractivity contribution in [1.29, 1.82) is 0 Å². The van der Waals surface area contributed by atoms with Crippen molar-refractivity contribution >= 4 is 11.6 Å². The molecule has 16 heavy (non-hydrogen) atoms. The molecule has 88 valence electrons. The summed E-state index contributed by atoms with van der Waals surface area (Å²) in [6.07, 6.45) is 3.26. The maximum Gasteiger partial charge on any atom is 0.250 e. The second-order valence-electron chi connectivity index (χ2n) is 3.95. The minimum Gasteiger partial charge on any atom is -0.378 e. The summed E-state index contributed by atoms with van der Waals surface area (Å²) >= 11 is 5.51. The number of halogens is 1. The first-order chi connectivity index (χ1) is 7.83. The smallest absolute Gasteiger partial charge is 0.250 e. The van der Waals surface area contributed by atoms with E-state index in [0.717, 1.165) is 19.3 Å². The standard InChI is InChI=1S/C12H16ClNO2/c13-6-8-16-9-7-14-11-3-1-2-10(11)4-5-12(14)15/h4-5H,1-3,6-9H2. The lowest BCUT2D eigenvalue weighted by molar-refractivity contribution is 0.139. The van der Waals surface area contributed by atoms with Gasteiger partial charge in [-0.05, 0) is 24.8 Å². The molecular weight excluding hydrogens is 226 g/mol. The predicted octanol–water partition coefficient (Wildman–Crippen LogP) is 1.59. The van der Waals surface area contributed by atoms with E-state index in [-0.39, 0.29) is 5.56 Å². The Morgan fingerprint density at radius 2 is 2.19 bits per heavy atom. The van der Waals surface area contributed by atoms with Gasteiger partial charge in [0.15, 0.2) is 0 Å². The van der Waals surface area contributed by atoms with Gasteiger partial charge >= 0.3 is 0 Å². The topological polar surface area (TPSA) is 31.2 Å². The summed E-state index contributed by atoms with van der Waals surface area (Å²) in [5.41, 5.74) is 2.59. The van der Waals surface area contributed by atoms with Crippen molar-refractivity contribution in [2.45, 2.75) is 25.8 Å². The fourth-order valence-electron chi connectivity index (χ4n) is 2.19. The molecule has 4 heteroatoms. The fourth-order valence-corrected chi connectivity index (χ4v) is 2.30. The lowest BCUT2D eigenvalue weighted by Crippen LogP contribution is -2.25.